The quantitative estimate of drug-likeness (QED) is 0.703. The fourth-order valence-electron chi connectivity index (χ4n) is 2.19. The molecule has 0 aliphatic carbocycles. The minimum Gasteiger partial charge on any atom is -0.508 e. The smallest absolute Gasteiger partial charge is 0.258 e. The highest BCUT2D eigenvalue weighted by atomic mass is 79.9. The lowest BCUT2D eigenvalue weighted by atomic mass is 10.0. The Morgan fingerprint density at radius 1 is 1.15 bits per heavy atom. The summed E-state index contributed by atoms with van der Waals surface area (Å²) in [5.41, 5.74) is 9.18. The van der Waals surface area contributed by atoms with Gasteiger partial charge in [-0.15, -0.1) is 0 Å². The summed E-state index contributed by atoms with van der Waals surface area (Å²) in [5.74, 6) is -0.0609. The van der Waals surface area contributed by atoms with Gasteiger partial charge >= 0.3 is 0 Å². The maximum absolute atomic E-state index is 12.1. The highest BCUT2D eigenvalue weighted by Crippen LogP contribution is 2.36. The number of carbonyl (C=O) groups excluding carboxylic acids is 1. The summed E-state index contributed by atoms with van der Waals surface area (Å²) in [6.07, 6.45) is 0. The lowest BCUT2D eigenvalue weighted by Crippen LogP contribution is -2.09. The van der Waals surface area contributed by atoms with Crippen LogP contribution in [0.1, 0.15) is 11.1 Å². The monoisotopic (exact) mass is 330 g/mol. The summed E-state index contributed by atoms with van der Waals surface area (Å²) in [5, 5.41) is 12.1. The van der Waals surface area contributed by atoms with Crippen LogP contribution < -0.4 is 11.1 Å². The molecular weight excluding hydrogens is 320 g/mol. The summed E-state index contributed by atoms with van der Waals surface area (Å²) in [7, 11) is 0. The van der Waals surface area contributed by atoms with Crippen LogP contribution >= 0.6 is 15.9 Å². The second-order valence-corrected chi connectivity index (χ2v) is 5.40. The zero-order valence-corrected chi connectivity index (χ0v) is 11.9. The lowest BCUT2D eigenvalue weighted by molar-refractivity contribution is -0.110. The van der Waals surface area contributed by atoms with E-state index in [4.69, 9.17) is 5.73 Å². The Morgan fingerprint density at radius 3 is 2.55 bits per heavy atom. The third-order valence-corrected chi connectivity index (χ3v) is 3.67. The van der Waals surface area contributed by atoms with E-state index in [1.54, 1.807) is 12.1 Å². The van der Waals surface area contributed by atoms with E-state index in [-0.39, 0.29) is 11.7 Å². The van der Waals surface area contributed by atoms with E-state index in [0.717, 1.165) is 15.7 Å². The zero-order valence-electron chi connectivity index (χ0n) is 10.4. The standard InChI is InChI=1S/C15H11BrN2O2/c16-9-3-6-12-11(7-9)13(15(20)18-12)14(17)8-1-4-10(19)5-2-8/h1-7,19H,17H2,(H,18,20). The van der Waals surface area contributed by atoms with Crippen LogP contribution in [0, 0.1) is 0 Å². The van der Waals surface area contributed by atoms with E-state index < -0.39 is 0 Å². The number of fused-ring (bicyclic) bond motifs is 1. The summed E-state index contributed by atoms with van der Waals surface area (Å²) in [6.45, 7) is 0. The summed E-state index contributed by atoms with van der Waals surface area (Å²) < 4.78 is 0.878. The van der Waals surface area contributed by atoms with Crippen LogP contribution in [-0.4, -0.2) is 11.0 Å². The number of hydrogen-bond donors (Lipinski definition) is 3. The molecule has 2 aromatic carbocycles. The summed E-state index contributed by atoms with van der Waals surface area (Å²) in [6, 6.07) is 12.0. The highest BCUT2D eigenvalue weighted by Gasteiger charge is 2.27. The zero-order chi connectivity index (χ0) is 14.3. The third kappa shape index (κ3) is 2.06. The molecule has 5 heteroatoms. The molecule has 0 unspecified atom stereocenters. The first-order chi connectivity index (χ1) is 9.56. The molecule has 0 aromatic heterocycles. The average Bonchev–Trinajstić information content (AvgIpc) is 2.74. The van der Waals surface area contributed by atoms with Crippen molar-refractivity contribution in [3.63, 3.8) is 0 Å². The number of rotatable bonds is 1. The molecule has 0 spiro atoms. The average molecular weight is 331 g/mol. The van der Waals surface area contributed by atoms with Crippen molar-refractivity contribution in [2.24, 2.45) is 5.73 Å². The predicted molar refractivity (Wildman–Crippen MR) is 81.9 cm³/mol. The number of nitrogens with two attached hydrogens (primary N) is 1. The van der Waals surface area contributed by atoms with Crippen molar-refractivity contribution in [1.82, 2.24) is 0 Å². The lowest BCUT2D eigenvalue weighted by Gasteiger charge is -2.06. The van der Waals surface area contributed by atoms with E-state index in [0.29, 0.717) is 16.8 Å². The molecule has 0 radical (unpaired) electrons. The molecule has 3 rings (SSSR count). The number of benzene rings is 2. The molecule has 4 N–H and O–H groups in total. The Balaban J connectivity index is 2.18. The van der Waals surface area contributed by atoms with Crippen molar-refractivity contribution in [2.45, 2.75) is 0 Å². The number of halogens is 1. The van der Waals surface area contributed by atoms with E-state index in [2.05, 4.69) is 21.2 Å². The van der Waals surface area contributed by atoms with E-state index >= 15 is 0 Å². The van der Waals surface area contributed by atoms with Gasteiger partial charge in [0, 0.05) is 15.7 Å². The first-order valence-electron chi connectivity index (χ1n) is 5.96. The minimum atomic E-state index is -0.219. The molecule has 0 fully saturated rings. The molecule has 20 heavy (non-hydrogen) atoms. The van der Waals surface area contributed by atoms with E-state index in [1.807, 2.05) is 18.2 Å². The van der Waals surface area contributed by atoms with Gasteiger partial charge in [-0.1, -0.05) is 15.9 Å². The van der Waals surface area contributed by atoms with Crippen molar-refractivity contribution < 1.29 is 9.90 Å². The van der Waals surface area contributed by atoms with Crippen molar-refractivity contribution in [3.8, 4) is 5.75 Å². The molecule has 4 nitrogen and oxygen atoms in total. The first-order valence-corrected chi connectivity index (χ1v) is 6.76. The van der Waals surface area contributed by atoms with Gasteiger partial charge in [-0.25, -0.2) is 0 Å². The molecule has 1 heterocycles. The summed E-state index contributed by atoms with van der Waals surface area (Å²) >= 11 is 3.39. The van der Waals surface area contributed by atoms with Crippen molar-refractivity contribution in [1.29, 1.82) is 0 Å². The molecular formula is C15H11BrN2O2. The largest absolute Gasteiger partial charge is 0.508 e. The Morgan fingerprint density at radius 2 is 1.85 bits per heavy atom. The molecule has 0 bridgehead atoms. The maximum Gasteiger partial charge on any atom is 0.258 e. The molecule has 0 atom stereocenters. The second-order valence-electron chi connectivity index (χ2n) is 4.48. The van der Waals surface area contributed by atoms with Crippen molar-refractivity contribution in [3.05, 3.63) is 58.1 Å². The molecule has 2 aromatic rings. The van der Waals surface area contributed by atoms with Gasteiger partial charge in [0.15, 0.2) is 0 Å². The molecule has 1 aliphatic rings. The second kappa shape index (κ2) is 4.68. The van der Waals surface area contributed by atoms with Crippen LogP contribution in [0.2, 0.25) is 0 Å². The fourth-order valence-corrected chi connectivity index (χ4v) is 2.55. The van der Waals surface area contributed by atoms with Gasteiger partial charge in [-0.2, -0.15) is 0 Å². The molecule has 1 aliphatic heterocycles. The van der Waals surface area contributed by atoms with Crippen LogP contribution in [0.4, 0.5) is 5.69 Å². The van der Waals surface area contributed by atoms with Crippen LogP contribution in [0.15, 0.2) is 46.9 Å². The number of anilines is 1. The van der Waals surface area contributed by atoms with Crippen LogP contribution in [0.5, 0.6) is 5.75 Å². The van der Waals surface area contributed by atoms with E-state index in [1.165, 1.54) is 12.1 Å². The van der Waals surface area contributed by atoms with Gasteiger partial charge < -0.3 is 16.2 Å². The molecule has 0 saturated carbocycles. The number of hydrogen-bond acceptors (Lipinski definition) is 3. The van der Waals surface area contributed by atoms with Crippen molar-refractivity contribution >= 4 is 38.8 Å². The normalized spacial score (nSPS) is 15.8. The SMILES string of the molecule is NC(=C1C(=O)Nc2ccc(Br)cc21)c1ccc(O)cc1. The molecule has 1 amide bonds. The van der Waals surface area contributed by atoms with Crippen LogP contribution in [0.3, 0.4) is 0 Å². The highest BCUT2D eigenvalue weighted by molar-refractivity contribution is 9.10. The van der Waals surface area contributed by atoms with Crippen molar-refractivity contribution in [2.75, 3.05) is 5.32 Å². The minimum absolute atomic E-state index is 0.158. The van der Waals surface area contributed by atoms with Gasteiger partial charge in [0.25, 0.3) is 5.91 Å². The number of aromatic hydroxyl groups is 1. The van der Waals surface area contributed by atoms with E-state index in [9.17, 15) is 9.90 Å². The number of carbonyl (C=O) groups is 1. The summed E-state index contributed by atoms with van der Waals surface area (Å²) in [4.78, 5) is 12.1. The van der Waals surface area contributed by atoms with Crippen LogP contribution in [-0.2, 0) is 4.79 Å². The van der Waals surface area contributed by atoms with Gasteiger partial charge in [-0.05, 0) is 48.0 Å². The van der Waals surface area contributed by atoms with Gasteiger partial charge in [0.2, 0.25) is 0 Å². The first kappa shape index (κ1) is 12.7. The molecule has 0 saturated heterocycles. The molecule has 100 valence electrons. The Hall–Kier alpha value is -2.27. The Labute approximate surface area is 124 Å². The maximum atomic E-state index is 12.1. The van der Waals surface area contributed by atoms with Gasteiger partial charge in [0.1, 0.15) is 5.75 Å². The number of phenolic OH excluding ortho intramolecular Hbond substituents is 1. The van der Waals surface area contributed by atoms with Gasteiger partial charge in [0.05, 0.1) is 11.3 Å². The van der Waals surface area contributed by atoms with Gasteiger partial charge in [-0.3, -0.25) is 4.79 Å². The van der Waals surface area contributed by atoms with Crippen LogP contribution in [0.25, 0.3) is 11.3 Å². The topological polar surface area (TPSA) is 75.4 Å². The Kier molecular flexibility index (Phi) is 2.99. The Bertz CT molecular complexity index is 736. The third-order valence-electron chi connectivity index (χ3n) is 3.17. The predicted octanol–water partition coefficient (Wildman–Crippen LogP) is 2.93. The number of amides is 1. The fraction of sp³-hybridized carbons (Fsp3) is 0. The number of nitrogens with one attached hydrogen (secondary N) is 1. The number of phenols is 1.